The number of amides is 1. The Balaban J connectivity index is 1.85. The first-order valence-corrected chi connectivity index (χ1v) is 5.54. The van der Waals surface area contributed by atoms with Gasteiger partial charge in [0.05, 0.1) is 11.3 Å². The first-order valence-electron chi connectivity index (χ1n) is 5.54. The van der Waals surface area contributed by atoms with E-state index in [1.54, 1.807) is 0 Å². The Morgan fingerprint density at radius 1 is 1.50 bits per heavy atom. The summed E-state index contributed by atoms with van der Waals surface area (Å²) in [6.45, 7) is 2.28. The van der Waals surface area contributed by atoms with Gasteiger partial charge in [0.15, 0.2) is 0 Å². The lowest BCUT2D eigenvalue weighted by molar-refractivity contribution is 0.0953. The Bertz CT molecular complexity index is 580. The SMILES string of the molecule is Cc1cc(CCNC(=O)c2ccc(=O)[nH]c2)no1. The Hall–Kier alpha value is -2.37. The minimum Gasteiger partial charge on any atom is -0.361 e. The molecule has 94 valence electrons. The second kappa shape index (κ2) is 5.31. The molecule has 2 aromatic heterocycles. The average Bonchev–Trinajstić information content (AvgIpc) is 2.76. The Morgan fingerprint density at radius 3 is 2.94 bits per heavy atom. The molecule has 0 spiro atoms. The van der Waals surface area contributed by atoms with Gasteiger partial charge in [0.25, 0.3) is 5.91 Å². The van der Waals surface area contributed by atoms with Crippen molar-refractivity contribution in [3.8, 4) is 0 Å². The molecule has 0 saturated heterocycles. The number of aryl methyl sites for hydroxylation is 1. The number of carbonyl (C=O) groups is 1. The Morgan fingerprint density at radius 2 is 2.33 bits per heavy atom. The van der Waals surface area contributed by atoms with Crippen molar-refractivity contribution < 1.29 is 9.32 Å². The van der Waals surface area contributed by atoms with E-state index in [-0.39, 0.29) is 11.5 Å². The highest BCUT2D eigenvalue weighted by molar-refractivity contribution is 5.93. The predicted octanol–water partition coefficient (Wildman–Crippen LogP) is 0.644. The van der Waals surface area contributed by atoms with Crippen LogP contribution in [-0.2, 0) is 6.42 Å². The third-order valence-electron chi connectivity index (χ3n) is 2.39. The van der Waals surface area contributed by atoms with Gasteiger partial charge in [0, 0.05) is 31.3 Å². The van der Waals surface area contributed by atoms with Crippen LogP contribution in [0, 0.1) is 6.92 Å². The number of aromatic amines is 1. The summed E-state index contributed by atoms with van der Waals surface area (Å²) in [5.41, 5.74) is 0.991. The maximum atomic E-state index is 11.7. The second-order valence-corrected chi connectivity index (χ2v) is 3.88. The zero-order chi connectivity index (χ0) is 13.0. The van der Waals surface area contributed by atoms with E-state index in [1.807, 2.05) is 13.0 Å². The van der Waals surface area contributed by atoms with Crippen molar-refractivity contribution in [2.75, 3.05) is 6.54 Å². The molecule has 0 atom stereocenters. The predicted molar refractivity (Wildman–Crippen MR) is 64.3 cm³/mol. The number of rotatable bonds is 4. The van der Waals surface area contributed by atoms with Gasteiger partial charge in [-0.3, -0.25) is 9.59 Å². The lowest BCUT2D eigenvalue weighted by atomic mass is 10.2. The number of hydrogen-bond acceptors (Lipinski definition) is 4. The molecule has 2 N–H and O–H groups in total. The fraction of sp³-hybridized carbons (Fsp3) is 0.250. The largest absolute Gasteiger partial charge is 0.361 e. The van der Waals surface area contributed by atoms with Crippen LogP contribution in [0.3, 0.4) is 0 Å². The molecule has 0 radical (unpaired) electrons. The van der Waals surface area contributed by atoms with Crippen molar-refractivity contribution in [1.29, 1.82) is 0 Å². The van der Waals surface area contributed by atoms with Gasteiger partial charge in [-0.15, -0.1) is 0 Å². The van der Waals surface area contributed by atoms with Gasteiger partial charge >= 0.3 is 0 Å². The molecule has 0 unspecified atom stereocenters. The fourth-order valence-corrected chi connectivity index (χ4v) is 1.49. The van der Waals surface area contributed by atoms with E-state index < -0.39 is 0 Å². The molecule has 1 amide bonds. The highest BCUT2D eigenvalue weighted by Gasteiger charge is 2.05. The maximum absolute atomic E-state index is 11.7. The van der Waals surface area contributed by atoms with Crippen molar-refractivity contribution in [2.24, 2.45) is 0 Å². The second-order valence-electron chi connectivity index (χ2n) is 3.88. The number of nitrogens with one attached hydrogen (secondary N) is 2. The van der Waals surface area contributed by atoms with Crippen LogP contribution in [0.1, 0.15) is 21.8 Å². The third-order valence-corrected chi connectivity index (χ3v) is 2.39. The highest BCUT2D eigenvalue weighted by Crippen LogP contribution is 2.01. The third kappa shape index (κ3) is 3.07. The summed E-state index contributed by atoms with van der Waals surface area (Å²) >= 11 is 0. The van der Waals surface area contributed by atoms with Gasteiger partial charge in [-0.25, -0.2) is 0 Å². The summed E-state index contributed by atoms with van der Waals surface area (Å²) in [4.78, 5) is 25.0. The van der Waals surface area contributed by atoms with Gasteiger partial charge in [0.2, 0.25) is 5.56 Å². The van der Waals surface area contributed by atoms with Crippen molar-refractivity contribution in [2.45, 2.75) is 13.3 Å². The van der Waals surface area contributed by atoms with Crippen molar-refractivity contribution >= 4 is 5.91 Å². The van der Waals surface area contributed by atoms with Crippen LogP contribution in [0.5, 0.6) is 0 Å². The summed E-state index contributed by atoms with van der Waals surface area (Å²) < 4.78 is 4.92. The molecule has 2 aromatic rings. The molecule has 0 fully saturated rings. The number of pyridine rings is 1. The molecule has 0 saturated carbocycles. The first-order chi connectivity index (χ1) is 8.65. The zero-order valence-corrected chi connectivity index (χ0v) is 9.90. The summed E-state index contributed by atoms with van der Waals surface area (Å²) in [6, 6.07) is 4.62. The molecule has 0 bridgehead atoms. The molecular formula is C12H13N3O3. The molecule has 6 heteroatoms. The lowest BCUT2D eigenvalue weighted by Gasteiger charge is -2.02. The number of nitrogens with zero attached hydrogens (tertiary/aromatic N) is 1. The quantitative estimate of drug-likeness (QED) is 0.830. The van der Waals surface area contributed by atoms with Crippen LogP contribution in [0.2, 0.25) is 0 Å². The van der Waals surface area contributed by atoms with E-state index in [0.717, 1.165) is 11.5 Å². The van der Waals surface area contributed by atoms with Crippen LogP contribution in [0.4, 0.5) is 0 Å². The molecule has 0 aliphatic heterocycles. The lowest BCUT2D eigenvalue weighted by Crippen LogP contribution is -2.26. The fourth-order valence-electron chi connectivity index (χ4n) is 1.49. The molecule has 18 heavy (non-hydrogen) atoms. The smallest absolute Gasteiger partial charge is 0.252 e. The molecule has 6 nitrogen and oxygen atoms in total. The van der Waals surface area contributed by atoms with Gasteiger partial charge in [0.1, 0.15) is 5.76 Å². The summed E-state index contributed by atoms with van der Waals surface area (Å²) in [6.07, 6.45) is 1.99. The van der Waals surface area contributed by atoms with Crippen molar-refractivity contribution in [3.63, 3.8) is 0 Å². The monoisotopic (exact) mass is 247 g/mol. The van der Waals surface area contributed by atoms with E-state index in [2.05, 4.69) is 15.5 Å². The van der Waals surface area contributed by atoms with E-state index in [9.17, 15) is 9.59 Å². The van der Waals surface area contributed by atoms with Crippen molar-refractivity contribution in [3.05, 3.63) is 51.8 Å². The van der Waals surface area contributed by atoms with Crippen molar-refractivity contribution in [1.82, 2.24) is 15.5 Å². The van der Waals surface area contributed by atoms with E-state index in [4.69, 9.17) is 4.52 Å². The summed E-state index contributed by atoms with van der Waals surface area (Å²) in [5, 5.41) is 6.56. The average molecular weight is 247 g/mol. The number of H-pyrrole nitrogens is 1. The molecule has 2 heterocycles. The van der Waals surface area contributed by atoms with Gasteiger partial charge < -0.3 is 14.8 Å². The summed E-state index contributed by atoms with van der Waals surface area (Å²) in [7, 11) is 0. The number of carbonyl (C=O) groups excluding carboxylic acids is 1. The Labute approximate surface area is 103 Å². The maximum Gasteiger partial charge on any atom is 0.252 e. The van der Waals surface area contributed by atoms with Gasteiger partial charge in [-0.05, 0) is 13.0 Å². The van der Waals surface area contributed by atoms with Gasteiger partial charge in [-0.2, -0.15) is 0 Å². The van der Waals surface area contributed by atoms with Crippen LogP contribution in [-0.4, -0.2) is 22.6 Å². The molecular weight excluding hydrogens is 234 g/mol. The topological polar surface area (TPSA) is 88.0 Å². The molecule has 2 rings (SSSR count). The first kappa shape index (κ1) is 12.1. The van der Waals surface area contributed by atoms with Gasteiger partial charge in [-0.1, -0.05) is 5.16 Å². The van der Waals surface area contributed by atoms with E-state index in [0.29, 0.717) is 18.5 Å². The molecule has 0 aliphatic rings. The molecule has 0 aromatic carbocycles. The Kier molecular flexibility index (Phi) is 3.57. The minimum atomic E-state index is -0.232. The number of hydrogen-bond donors (Lipinski definition) is 2. The van der Waals surface area contributed by atoms with E-state index >= 15 is 0 Å². The van der Waals surface area contributed by atoms with E-state index in [1.165, 1.54) is 18.3 Å². The normalized spacial score (nSPS) is 10.3. The van der Waals surface area contributed by atoms with Crippen LogP contribution < -0.4 is 10.9 Å². The molecule has 0 aliphatic carbocycles. The number of aromatic nitrogens is 2. The highest BCUT2D eigenvalue weighted by atomic mass is 16.5. The van der Waals surface area contributed by atoms with Crippen LogP contribution in [0.25, 0.3) is 0 Å². The standard InChI is InChI=1S/C12H13N3O3/c1-8-6-10(15-18-8)4-5-13-12(17)9-2-3-11(16)14-7-9/h2-3,6-7H,4-5H2,1H3,(H,13,17)(H,14,16). The van der Waals surface area contributed by atoms with Crippen LogP contribution in [0.15, 0.2) is 33.7 Å². The van der Waals surface area contributed by atoms with Crippen LogP contribution >= 0.6 is 0 Å². The summed E-state index contributed by atoms with van der Waals surface area (Å²) in [5.74, 6) is 0.517. The zero-order valence-electron chi connectivity index (χ0n) is 9.90. The minimum absolute atomic E-state index is 0.230.